The minimum atomic E-state index is -0.214. The van der Waals surface area contributed by atoms with Gasteiger partial charge >= 0.3 is 0 Å². The smallest absolute Gasteiger partial charge is 0.255 e. The molecule has 112 valence electrons. The summed E-state index contributed by atoms with van der Waals surface area (Å²) in [6.07, 6.45) is 1.48. The Morgan fingerprint density at radius 3 is 2.48 bits per heavy atom. The Bertz CT molecular complexity index is 837. The lowest BCUT2D eigenvalue weighted by Gasteiger charge is -2.06. The molecule has 0 atom stereocenters. The summed E-state index contributed by atoms with van der Waals surface area (Å²) < 4.78 is 1.51. The van der Waals surface area contributed by atoms with E-state index in [1.54, 1.807) is 48.5 Å². The number of thiocyanates is 1. The van der Waals surface area contributed by atoms with Gasteiger partial charge in [0, 0.05) is 16.1 Å². The number of hydrogen-bond acceptors (Lipinski definition) is 6. The number of carbonyl (C=O) groups is 1. The van der Waals surface area contributed by atoms with Gasteiger partial charge in [0.15, 0.2) is 0 Å². The number of tetrazole rings is 1. The molecule has 1 amide bonds. The van der Waals surface area contributed by atoms with Crippen LogP contribution in [0.4, 0.5) is 5.69 Å². The molecule has 3 rings (SSSR count). The summed E-state index contributed by atoms with van der Waals surface area (Å²) in [5, 5.41) is 24.3. The molecule has 0 fully saturated rings. The molecule has 0 bridgehead atoms. The van der Waals surface area contributed by atoms with Crippen molar-refractivity contribution in [2.75, 3.05) is 5.32 Å². The van der Waals surface area contributed by atoms with Gasteiger partial charge in [0.1, 0.15) is 11.7 Å². The van der Waals surface area contributed by atoms with Gasteiger partial charge in [-0.15, -0.1) is 5.10 Å². The molecule has 1 aromatic heterocycles. The Labute approximate surface area is 135 Å². The number of thioether (sulfide) groups is 1. The molecule has 0 aliphatic rings. The van der Waals surface area contributed by atoms with Crippen LogP contribution in [0.15, 0.2) is 59.8 Å². The first-order chi connectivity index (χ1) is 11.3. The van der Waals surface area contributed by atoms with Crippen LogP contribution in [0.2, 0.25) is 0 Å². The van der Waals surface area contributed by atoms with E-state index in [0.717, 1.165) is 22.3 Å². The molecule has 1 heterocycles. The normalized spacial score (nSPS) is 10.0. The van der Waals surface area contributed by atoms with Crippen LogP contribution in [-0.2, 0) is 0 Å². The van der Waals surface area contributed by atoms with Crippen molar-refractivity contribution in [3.8, 4) is 11.1 Å². The standard InChI is InChI=1S/C15H10N6OS/c16-9-23-14-7-3-12(4-8-14)18-15(22)11-1-5-13(6-2-11)21-10-17-19-20-21/h1-8,10H,(H,18,22). The molecule has 0 aliphatic carbocycles. The van der Waals surface area contributed by atoms with E-state index in [1.807, 2.05) is 5.40 Å². The molecule has 2 aromatic carbocycles. The van der Waals surface area contributed by atoms with Crippen molar-refractivity contribution in [1.82, 2.24) is 20.2 Å². The van der Waals surface area contributed by atoms with Crippen LogP contribution >= 0.6 is 11.8 Å². The van der Waals surface area contributed by atoms with Gasteiger partial charge in [0.2, 0.25) is 0 Å². The summed E-state index contributed by atoms with van der Waals surface area (Å²) in [4.78, 5) is 13.0. The van der Waals surface area contributed by atoms with Gasteiger partial charge in [-0.2, -0.15) is 5.26 Å². The molecule has 0 spiro atoms. The second-order valence-electron chi connectivity index (χ2n) is 4.47. The lowest BCUT2D eigenvalue weighted by atomic mass is 10.2. The van der Waals surface area contributed by atoms with Crippen LogP contribution < -0.4 is 5.32 Å². The third-order valence-electron chi connectivity index (χ3n) is 3.02. The Morgan fingerprint density at radius 2 is 1.87 bits per heavy atom. The number of carbonyl (C=O) groups excluding carboxylic acids is 1. The van der Waals surface area contributed by atoms with Gasteiger partial charge in [0.05, 0.1) is 5.69 Å². The minimum absolute atomic E-state index is 0.214. The SMILES string of the molecule is N#CSc1ccc(NC(=O)c2ccc(-n3cnnn3)cc2)cc1. The molecule has 0 saturated carbocycles. The van der Waals surface area contributed by atoms with Crippen molar-refractivity contribution in [1.29, 1.82) is 5.26 Å². The van der Waals surface area contributed by atoms with Gasteiger partial charge < -0.3 is 5.32 Å². The highest BCUT2D eigenvalue weighted by Crippen LogP contribution is 2.19. The number of benzene rings is 2. The maximum atomic E-state index is 12.2. The fourth-order valence-electron chi connectivity index (χ4n) is 1.91. The number of rotatable bonds is 4. The minimum Gasteiger partial charge on any atom is -0.322 e. The highest BCUT2D eigenvalue weighted by molar-refractivity contribution is 8.03. The van der Waals surface area contributed by atoms with E-state index >= 15 is 0 Å². The Morgan fingerprint density at radius 1 is 1.13 bits per heavy atom. The van der Waals surface area contributed by atoms with Gasteiger partial charge in [0.25, 0.3) is 5.91 Å². The molecule has 0 saturated heterocycles. The van der Waals surface area contributed by atoms with Crippen LogP contribution in [0.5, 0.6) is 0 Å². The lowest BCUT2D eigenvalue weighted by Crippen LogP contribution is -2.11. The van der Waals surface area contributed by atoms with E-state index in [2.05, 4.69) is 20.8 Å². The number of hydrogen-bond donors (Lipinski definition) is 1. The third kappa shape index (κ3) is 3.53. The number of amides is 1. The van der Waals surface area contributed by atoms with Gasteiger partial charge in [-0.25, -0.2) is 4.68 Å². The van der Waals surface area contributed by atoms with Gasteiger partial charge in [-0.05, 0) is 70.7 Å². The predicted octanol–water partition coefficient (Wildman–Crippen LogP) is 2.49. The van der Waals surface area contributed by atoms with Crippen molar-refractivity contribution in [2.45, 2.75) is 4.90 Å². The van der Waals surface area contributed by atoms with E-state index in [1.165, 1.54) is 11.0 Å². The van der Waals surface area contributed by atoms with Crippen LogP contribution in [0.1, 0.15) is 10.4 Å². The molecule has 0 aliphatic heterocycles. The zero-order valence-electron chi connectivity index (χ0n) is 11.7. The fourth-order valence-corrected chi connectivity index (χ4v) is 2.28. The zero-order valence-corrected chi connectivity index (χ0v) is 12.6. The predicted molar refractivity (Wildman–Crippen MR) is 85.0 cm³/mol. The van der Waals surface area contributed by atoms with Crippen LogP contribution in [-0.4, -0.2) is 26.1 Å². The number of nitrogens with one attached hydrogen (secondary N) is 1. The summed E-state index contributed by atoms with van der Waals surface area (Å²) in [6.45, 7) is 0. The summed E-state index contributed by atoms with van der Waals surface area (Å²) in [6, 6.07) is 14.0. The summed E-state index contributed by atoms with van der Waals surface area (Å²) >= 11 is 1.07. The maximum Gasteiger partial charge on any atom is 0.255 e. The Balaban J connectivity index is 1.69. The number of nitriles is 1. The van der Waals surface area contributed by atoms with E-state index in [0.29, 0.717) is 11.3 Å². The van der Waals surface area contributed by atoms with Crippen LogP contribution in [0.3, 0.4) is 0 Å². The van der Waals surface area contributed by atoms with Crippen LogP contribution in [0, 0.1) is 10.7 Å². The van der Waals surface area contributed by atoms with Crippen molar-refractivity contribution >= 4 is 23.4 Å². The van der Waals surface area contributed by atoms with Gasteiger partial charge in [-0.3, -0.25) is 4.79 Å². The fraction of sp³-hybridized carbons (Fsp3) is 0. The molecule has 0 radical (unpaired) electrons. The Kier molecular flexibility index (Phi) is 4.31. The molecule has 7 nitrogen and oxygen atoms in total. The number of nitrogens with zero attached hydrogens (tertiary/aromatic N) is 5. The highest BCUT2D eigenvalue weighted by Gasteiger charge is 2.07. The first kappa shape index (κ1) is 14.7. The number of aromatic nitrogens is 4. The van der Waals surface area contributed by atoms with E-state index < -0.39 is 0 Å². The maximum absolute atomic E-state index is 12.2. The third-order valence-corrected chi connectivity index (χ3v) is 3.62. The monoisotopic (exact) mass is 322 g/mol. The van der Waals surface area contributed by atoms with Crippen molar-refractivity contribution in [2.24, 2.45) is 0 Å². The lowest BCUT2D eigenvalue weighted by molar-refractivity contribution is 0.102. The topological polar surface area (TPSA) is 96.5 Å². The highest BCUT2D eigenvalue weighted by atomic mass is 32.2. The molecular formula is C15H10N6OS. The van der Waals surface area contributed by atoms with Crippen molar-refractivity contribution < 1.29 is 4.79 Å². The Hall–Kier alpha value is -3.18. The van der Waals surface area contributed by atoms with Gasteiger partial charge in [-0.1, -0.05) is 0 Å². The van der Waals surface area contributed by atoms with Crippen molar-refractivity contribution in [3.05, 3.63) is 60.4 Å². The second-order valence-corrected chi connectivity index (χ2v) is 5.33. The zero-order chi connectivity index (χ0) is 16.1. The molecule has 8 heteroatoms. The molecule has 1 N–H and O–H groups in total. The first-order valence-electron chi connectivity index (χ1n) is 6.57. The van der Waals surface area contributed by atoms with Crippen molar-refractivity contribution in [3.63, 3.8) is 0 Å². The average Bonchev–Trinajstić information content (AvgIpc) is 3.11. The molecule has 3 aromatic rings. The largest absolute Gasteiger partial charge is 0.322 e. The molecular weight excluding hydrogens is 312 g/mol. The quantitative estimate of drug-likeness (QED) is 0.585. The van der Waals surface area contributed by atoms with Crippen LogP contribution in [0.25, 0.3) is 5.69 Å². The molecule has 0 unspecified atom stereocenters. The summed E-state index contributed by atoms with van der Waals surface area (Å²) in [5.74, 6) is -0.214. The summed E-state index contributed by atoms with van der Waals surface area (Å²) in [7, 11) is 0. The first-order valence-corrected chi connectivity index (χ1v) is 7.39. The molecule has 23 heavy (non-hydrogen) atoms. The second kappa shape index (κ2) is 6.72. The van der Waals surface area contributed by atoms with E-state index in [9.17, 15) is 4.79 Å². The average molecular weight is 322 g/mol. The number of anilines is 1. The summed E-state index contributed by atoms with van der Waals surface area (Å²) in [5.41, 5.74) is 1.96. The van der Waals surface area contributed by atoms with E-state index in [-0.39, 0.29) is 5.91 Å². The van der Waals surface area contributed by atoms with E-state index in [4.69, 9.17) is 5.26 Å².